The summed E-state index contributed by atoms with van der Waals surface area (Å²) in [6, 6.07) is 19.0. The van der Waals surface area contributed by atoms with Crippen molar-refractivity contribution >= 4 is 23.5 Å². The smallest absolute Gasteiger partial charge is 0.341 e. The van der Waals surface area contributed by atoms with E-state index in [1.807, 2.05) is 30.3 Å². The highest BCUT2D eigenvalue weighted by Crippen LogP contribution is 2.19. The summed E-state index contributed by atoms with van der Waals surface area (Å²) in [6.45, 7) is 1.92. The number of hydrogen-bond acceptors (Lipinski definition) is 5. The van der Waals surface area contributed by atoms with Crippen molar-refractivity contribution in [2.75, 3.05) is 12.4 Å². The lowest BCUT2D eigenvalue weighted by Crippen LogP contribution is -2.37. The maximum Gasteiger partial charge on any atom is 0.341 e. The van der Waals surface area contributed by atoms with E-state index in [4.69, 9.17) is 9.15 Å². The van der Waals surface area contributed by atoms with Gasteiger partial charge in [-0.2, -0.15) is 0 Å². The number of anilines is 1. The van der Waals surface area contributed by atoms with Gasteiger partial charge in [0.25, 0.3) is 11.8 Å². The van der Waals surface area contributed by atoms with E-state index >= 15 is 0 Å². The highest BCUT2D eigenvalue weighted by atomic mass is 16.5. The van der Waals surface area contributed by atoms with Gasteiger partial charge in [-0.15, -0.1) is 0 Å². The minimum absolute atomic E-state index is 0.115. The molecule has 2 amide bonds. The maximum absolute atomic E-state index is 12.7. The van der Waals surface area contributed by atoms with E-state index in [1.54, 1.807) is 31.3 Å². The molecule has 0 aliphatic rings. The number of para-hydroxylation sites is 1. The monoisotopic (exact) mass is 406 g/mol. The molecule has 0 unspecified atom stereocenters. The minimum Gasteiger partial charge on any atom is -0.459 e. The lowest BCUT2D eigenvalue weighted by molar-refractivity contribution is -0.139. The average Bonchev–Trinajstić information content (AvgIpc) is 3.29. The zero-order valence-corrected chi connectivity index (χ0v) is 16.7. The third kappa shape index (κ3) is 5.14. The predicted molar refractivity (Wildman–Crippen MR) is 111 cm³/mol. The Morgan fingerprint density at radius 3 is 2.40 bits per heavy atom. The average molecular weight is 406 g/mol. The summed E-state index contributed by atoms with van der Waals surface area (Å²) < 4.78 is 10.4. The molecule has 0 fully saturated rings. The Balaban J connectivity index is 1.65. The number of carbonyl (C=O) groups is 3. The van der Waals surface area contributed by atoms with Crippen molar-refractivity contribution in [3.8, 4) is 0 Å². The van der Waals surface area contributed by atoms with E-state index in [2.05, 4.69) is 5.32 Å². The van der Waals surface area contributed by atoms with Gasteiger partial charge in [0.05, 0.1) is 17.5 Å². The fraction of sp³-hybridized carbons (Fsp3) is 0.174. The summed E-state index contributed by atoms with van der Waals surface area (Å²) in [5.41, 5.74) is 1.38. The molecule has 1 atom stereocenters. The van der Waals surface area contributed by atoms with Gasteiger partial charge in [-0.05, 0) is 36.8 Å². The molecule has 154 valence electrons. The van der Waals surface area contributed by atoms with E-state index < -0.39 is 18.0 Å². The summed E-state index contributed by atoms with van der Waals surface area (Å²) in [6.07, 6.45) is 0.397. The molecular formula is C23H22N2O5. The Morgan fingerprint density at radius 2 is 1.70 bits per heavy atom. The molecule has 0 saturated heterocycles. The fourth-order valence-corrected chi connectivity index (χ4v) is 2.88. The number of benzene rings is 2. The first kappa shape index (κ1) is 20.9. The van der Waals surface area contributed by atoms with Crippen molar-refractivity contribution in [1.29, 1.82) is 0 Å². The van der Waals surface area contributed by atoms with Gasteiger partial charge in [-0.1, -0.05) is 42.5 Å². The number of carbonyl (C=O) groups excluding carboxylic acids is 3. The van der Waals surface area contributed by atoms with Gasteiger partial charge in [-0.3, -0.25) is 9.59 Å². The van der Waals surface area contributed by atoms with Crippen molar-refractivity contribution in [2.45, 2.75) is 19.6 Å². The number of hydrogen-bond donors (Lipinski definition) is 1. The lowest BCUT2D eigenvalue weighted by Gasteiger charge is -2.22. The second-order valence-corrected chi connectivity index (χ2v) is 6.70. The number of furan rings is 1. The van der Waals surface area contributed by atoms with E-state index in [0.717, 1.165) is 5.56 Å². The summed E-state index contributed by atoms with van der Waals surface area (Å²) >= 11 is 0. The van der Waals surface area contributed by atoms with Gasteiger partial charge < -0.3 is 19.4 Å². The molecular weight excluding hydrogens is 384 g/mol. The van der Waals surface area contributed by atoms with Crippen LogP contribution in [0.4, 0.5) is 5.69 Å². The summed E-state index contributed by atoms with van der Waals surface area (Å²) in [5.74, 6) is -1.42. The molecule has 0 saturated carbocycles. The first-order valence-corrected chi connectivity index (χ1v) is 9.39. The Labute approximate surface area is 174 Å². The van der Waals surface area contributed by atoms with Crippen LogP contribution in [0.3, 0.4) is 0 Å². The van der Waals surface area contributed by atoms with Gasteiger partial charge in [-0.25, -0.2) is 4.79 Å². The topological polar surface area (TPSA) is 88.8 Å². The Hall–Kier alpha value is -3.87. The van der Waals surface area contributed by atoms with Gasteiger partial charge in [0.15, 0.2) is 11.9 Å². The minimum atomic E-state index is -0.986. The molecule has 2 aromatic carbocycles. The van der Waals surface area contributed by atoms with Gasteiger partial charge in [0, 0.05) is 13.6 Å². The van der Waals surface area contributed by atoms with Crippen LogP contribution < -0.4 is 5.32 Å². The van der Waals surface area contributed by atoms with Crippen LogP contribution >= 0.6 is 0 Å². The molecule has 0 spiro atoms. The Morgan fingerprint density at radius 1 is 1.00 bits per heavy atom. The quantitative estimate of drug-likeness (QED) is 0.604. The molecule has 3 aromatic rings. The Kier molecular flexibility index (Phi) is 6.64. The number of likely N-dealkylation sites (N-methyl/N-ethyl adjacent to an activating group) is 1. The standard InChI is InChI=1S/C23H22N2O5/c1-16(22(27)25(2)15-17-9-4-3-5-10-17)30-23(28)18-11-6-7-12-19(18)24-21(26)20-13-8-14-29-20/h3-14,16H,15H2,1-2H3,(H,24,26)/t16-/m0/s1. The van der Waals surface area contributed by atoms with Gasteiger partial charge >= 0.3 is 5.97 Å². The SMILES string of the molecule is C[C@H](OC(=O)c1ccccc1NC(=O)c1ccco1)C(=O)N(C)Cc1ccccc1. The molecule has 30 heavy (non-hydrogen) atoms. The van der Waals surface area contributed by atoms with Crippen LogP contribution in [0, 0.1) is 0 Å². The molecule has 0 aliphatic heterocycles. The van der Waals surface area contributed by atoms with Crippen molar-refractivity contribution < 1.29 is 23.5 Å². The second kappa shape index (κ2) is 9.56. The lowest BCUT2D eigenvalue weighted by atomic mass is 10.1. The van der Waals surface area contributed by atoms with Crippen LogP contribution in [0.25, 0.3) is 0 Å². The van der Waals surface area contributed by atoms with Crippen molar-refractivity contribution in [2.24, 2.45) is 0 Å². The molecule has 0 aliphatic carbocycles. The van der Waals surface area contributed by atoms with E-state index in [0.29, 0.717) is 6.54 Å². The number of nitrogens with one attached hydrogen (secondary N) is 1. The highest BCUT2D eigenvalue weighted by Gasteiger charge is 2.24. The normalized spacial score (nSPS) is 11.4. The van der Waals surface area contributed by atoms with Crippen LogP contribution in [0.1, 0.15) is 33.4 Å². The molecule has 1 N–H and O–H groups in total. The first-order chi connectivity index (χ1) is 14.5. The van der Waals surface area contributed by atoms with E-state index in [1.165, 1.54) is 30.2 Å². The Bertz CT molecular complexity index is 1020. The molecule has 0 radical (unpaired) electrons. The zero-order valence-electron chi connectivity index (χ0n) is 16.7. The highest BCUT2D eigenvalue weighted by molar-refractivity contribution is 6.06. The number of nitrogens with zero attached hydrogens (tertiary/aromatic N) is 1. The van der Waals surface area contributed by atoms with Crippen LogP contribution in [0.2, 0.25) is 0 Å². The van der Waals surface area contributed by atoms with E-state index in [9.17, 15) is 14.4 Å². The summed E-state index contributed by atoms with van der Waals surface area (Å²) in [7, 11) is 1.65. The number of amides is 2. The van der Waals surface area contributed by atoms with Crippen molar-refractivity contribution in [1.82, 2.24) is 4.90 Å². The predicted octanol–water partition coefficient (Wildman–Crippen LogP) is 3.74. The zero-order chi connectivity index (χ0) is 21.5. The summed E-state index contributed by atoms with van der Waals surface area (Å²) in [4.78, 5) is 39.0. The van der Waals surface area contributed by atoms with Crippen LogP contribution in [-0.4, -0.2) is 35.8 Å². The van der Waals surface area contributed by atoms with Crippen molar-refractivity contribution in [3.05, 3.63) is 89.9 Å². The van der Waals surface area contributed by atoms with Crippen molar-refractivity contribution in [3.63, 3.8) is 0 Å². The second-order valence-electron chi connectivity index (χ2n) is 6.70. The van der Waals surface area contributed by atoms with Gasteiger partial charge in [0.1, 0.15) is 0 Å². The summed E-state index contributed by atoms with van der Waals surface area (Å²) in [5, 5.41) is 2.62. The molecule has 7 nitrogen and oxygen atoms in total. The molecule has 1 aromatic heterocycles. The number of esters is 1. The largest absolute Gasteiger partial charge is 0.459 e. The van der Waals surface area contributed by atoms with Crippen LogP contribution in [-0.2, 0) is 16.1 Å². The number of ether oxygens (including phenoxy) is 1. The molecule has 1 heterocycles. The van der Waals surface area contributed by atoms with Gasteiger partial charge in [0.2, 0.25) is 0 Å². The molecule has 0 bridgehead atoms. The van der Waals surface area contributed by atoms with Crippen LogP contribution in [0.15, 0.2) is 77.4 Å². The molecule has 3 rings (SSSR count). The molecule has 7 heteroatoms. The maximum atomic E-state index is 12.7. The first-order valence-electron chi connectivity index (χ1n) is 9.39. The third-order valence-corrected chi connectivity index (χ3v) is 4.41. The fourth-order valence-electron chi connectivity index (χ4n) is 2.88. The third-order valence-electron chi connectivity index (χ3n) is 4.41. The van der Waals surface area contributed by atoms with Crippen LogP contribution in [0.5, 0.6) is 0 Å². The number of rotatable bonds is 7. The van der Waals surface area contributed by atoms with E-state index in [-0.39, 0.29) is 22.9 Å².